The van der Waals surface area contributed by atoms with E-state index in [0.717, 1.165) is 128 Å². The van der Waals surface area contributed by atoms with Gasteiger partial charge in [-0.25, -0.2) is 9.13 Å². The maximum Gasteiger partial charge on any atom is 0.472 e. The van der Waals surface area contributed by atoms with E-state index in [-0.39, 0.29) is 25.7 Å². The highest BCUT2D eigenvalue weighted by atomic mass is 31.2. The van der Waals surface area contributed by atoms with Gasteiger partial charge in [0.05, 0.1) is 26.4 Å². The zero-order valence-electron chi connectivity index (χ0n) is 47.8. The standard InChI is InChI=1S/C56H108O17P2/c1-7-9-11-13-18-26-32-38-53(58)66-44-51(72-55(60)40-34-28-19-14-12-10-8-2)46-70-74(62,63)68-42-50(57)43-69-75(64,65)71-47-52(45-67-54(59)39-33-27-23-22-25-31-37-49(5)6)73-56(61)41-35-29-21-17-15-16-20-24-30-36-48(3)4/h48-52,57H,7-47H2,1-6H3,(H,62,63)(H,64,65)/t50-,51+,52+/m0/s1. The predicted molar refractivity (Wildman–Crippen MR) is 294 cm³/mol. The van der Waals surface area contributed by atoms with Crippen LogP contribution in [-0.2, 0) is 65.4 Å². The van der Waals surface area contributed by atoms with Gasteiger partial charge in [-0.15, -0.1) is 0 Å². The lowest BCUT2D eigenvalue weighted by atomic mass is 10.0. The van der Waals surface area contributed by atoms with Crippen LogP contribution in [0.4, 0.5) is 0 Å². The molecule has 0 aromatic rings. The number of esters is 4. The molecule has 0 aliphatic carbocycles. The molecule has 0 rings (SSSR count). The third kappa shape index (κ3) is 51.3. The summed E-state index contributed by atoms with van der Waals surface area (Å²) in [5, 5.41) is 10.5. The minimum atomic E-state index is -4.93. The number of phosphoric ester groups is 2. The molecule has 444 valence electrons. The number of carbonyl (C=O) groups excluding carboxylic acids is 4. The van der Waals surface area contributed by atoms with Crippen molar-refractivity contribution >= 4 is 39.5 Å². The number of unbranched alkanes of at least 4 members (excludes halogenated alkanes) is 25. The molecule has 0 radical (unpaired) electrons. The molecule has 19 heteroatoms. The predicted octanol–water partition coefficient (Wildman–Crippen LogP) is 14.5. The van der Waals surface area contributed by atoms with Gasteiger partial charge in [-0.3, -0.25) is 37.3 Å². The van der Waals surface area contributed by atoms with Crippen molar-refractivity contribution in [3.8, 4) is 0 Å². The molecule has 2 unspecified atom stereocenters. The molecule has 0 bridgehead atoms. The van der Waals surface area contributed by atoms with E-state index in [0.29, 0.717) is 31.6 Å². The summed E-state index contributed by atoms with van der Waals surface area (Å²) in [5.41, 5.74) is 0. The summed E-state index contributed by atoms with van der Waals surface area (Å²) < 4.78 is 67.4. The van der Waals surface area contributed by atoms with E-state index >= 15 is 0 Å². The molecule has 5 atom stereocenters. The average Bonchev–Trinajstić information content (AvgIpc) is 3.36. The van der Waals surface area contributed by atoms with Crippen LogP contribution < -0.4 is 0 Å². The van der Waals surface area contributed by atoms with E-state index in [1.165, 1.54) is 51.4 Å². The average molecular weight is 1120 g/mol. The first-order chi connectivity index (χ1) is 35.9. The summed E-state index contributed by atoms with van der Waals surface area (Å²) in [7, 11) is -9.86. The Morgan fingerprint density at radius 1 is 0.360 bits per heavy atom. The number of hydrogen-bond acceptors (Lipinski definition) is 15. The van der Waals surface area contributed by atoms with E-state index in [9.17, 15) is 43.2 Å². The number of aliphatic hydroxyl groups is 1. The molecule has 17 nitrogen and oxygen atoms in total. The van der Waals surface area contributed by atoms with Crippen molar-refractivity contribution in [3.63, 3.8) is 0 Å². The number of phosphoric acid groups is 2. The minimum Gasteiger partial charge on any atom is -0.462 e. The van der Waals surface area contributed by atoms with Crippen molar-refractivity contribution in [3.05, 3.63) is 0 Å². The third-order valence-corrected chi connectivity index (χ3v) is 14.6. The Hall–Kier alpha value is -1.94. The molecule has 0 heterocycles. The fourth-order valence-electron chi connectivity index (χ4n) is 8.12. The van der Waals surface area contributed by atoms with Gasteiger partial charge in [0.15, 0.2) is 12.2 Å². The largest absolute Gasteiger partial charge is 0.472 e. The maximum absolute atomic E-state index is 12.9. The Bertz CT molecular complexity index is 1500. The maximum atomic E-state index is 12.9. The molecule has 0 fully saturated rings. The number of rotatable bonds is 55. The van der Waals surface area contributed by atoms with Crippen LogP contribution >= 0.6 is 15.6 Å². The van der Waals surface area contributed by atoms with Crippen LogP contribution in [0.3, 0.4) is 0 Å². The van der Waals surface area contributed by atoms with E-state index in [1.54, 1.807) is 0 Å². The monoisotopic (exact) mass is 1110 g/mol. The highest BCUT2D eigenvalue weighted by molar-refractivity contribution is 7.47. The SMILES string of the molecule is CCCCCCCCCC(=O)OC[C@H](COP(=O)(O)OC[C@H](O)COP(=O)(O)OC[C@@H](COC(=O)CCCCCCCCC(C)C)OC(=O)CCCCCCCCCCCC(C)C)OC(=O)CCCCCCCCC. The minimum absolute atomic E-state index is 0.103. The van der Waals surface area contributed by atoms with Gasteiger partial charge in [0.2, 0.25) is 0 Å². The van der Waals surface area contributed by atoms with Gasteiger partial charge in [0.1, 0.15) is 19.3 Å². The molecule has 0 aromatic carbocycles. The molecule has 0 spiro atoms. The molecule has 0 aliphatic heterocycles. The van der Waals surface area contributed by atoms with Gasteiger partial charge in [0, 0.05) is 25.7 Å². The smallest absolute Gasteiger partial charge is 0.462 e. The van der Waals surface area contributed by atoms with Crippen molar-refractivity contribution < 1.29 is 80.2 Å². The molecular formula is C56H108O17P2. The van der Waals surface area contributed by atoms with Gasteiger partial charge in [-0.1, -0.05) is 215 Å². The molecule has 0 saturated carbocycles. The molecule has 0 saturated heterocycles. The van der Waals surface area contributed by atoms with E-state index in [1.807, 2.05) is 0 Å². The van der Waals surface area contributed by atoms with Crippen LogP contribution in [-0.4, -0.2) is 96.7 Å². The van der Waals surface area contributed by atoms with Crippen LogP contribution in [0.15, 0.2) is 0 Å². The van der Waals surface area contributed by atoms with Crippen molar-refractivity contribution in [1.82, 2.24) is 0 Å². The van der Waals surface area contributed by atoms with Gasteiger partial charge < -0.3 is 33.8 Å². The Kier molecular flexibility index (Phi) is 47.9. The van der Waals surface area contributed by atoms with E-state index < -0.39 is 97.5 Å². The second kappa shape index (κ2) is 49.1. The van der Waals surface area contributed by atoms with Crippen LogP contribution in [0.2, 0.25) is 0 Å². The zero-order chi connectivity index (χ0) is 55.8. The normalized spacial score (nSPS) is 14.5. The summed E-state index contributed by atoms with van der Waals surface area (Å²) in [5.74, 6) is -0.741. The van der Waals surface area contributed by atoms with Gasteiger partial charge in [-0.2, -0.15) is 0 Å². The molecule has 3 N–H and O–H groups in total. The summed E-state index contributed by atoms with van der Waals surface area (Å²) in [6.45, 7) is 9.23. The lowest BCUT2D eigenvalue weighted by molar-refractivity contribution is -0.161. The highest BCUT2D eigenvalue weighted by Gasteiger charge is 2.30. The fraction of sp³-hybridized carbons (Fsp3) is 0.929. The number of hydrogen-bond donors (Lipinski definition) is 3. The zero-order valence-corrected chi connectivity index (χ0v) is 49.6. The number of ether oxygens (including phenoxy) is 4. The summed E-state index contributed by atoms with van der Waals surface area (Å²) >= 11 is 0. The first-order valence-corrected chi connectivity index (χ1v) is 32.5. The van der Waals surface area contributed by atoms with Gasteiger partial charge in [0.25, 0.3) is 0 Å². The summed E-state index contributed by atoms with van der Waals surface area (Å²) in [6.07, 6.45) is 28.4. The number of aliphatic hydroxyl groups excluding tert-OH is 1. The van der Waals surface area contributed by atoms with E-state index in [4.69, 9.17) is 37.0 Å². The van der Waals surface area contributed by atoms with Crippen molar-refractivity contribution in [2.24, 2.45) is 11.8 Å². The lowest BCUT2D eigenvalue weighted by Crippen LogP contribution is -2.30. The summed E-state index contributed by atoms with van der Waals surface area (Å²) in [4.78, 5) is 71.5. The van der Waals surface area contributed by atoms with Crippen molar-refractivity contribution in [2.45, 2.75) is 285 Å². The quantitative estimate of drug-likeness (QED) is 0.0222. The Balaban J connectivity index is 5.20. The second-order valence-electron chi connectivity index (χ2n) is 21.3. The van der Waals surface area contributed by atoms with E-state index in [2.05, 4.69) is 41.5 Å². The first-order valence-electron chi connectivity index (χ1n) is 29.5. The first kappa shape index (κ1) is 73.1. The summed E-state index contributed by atoms with van der Waals surface area (Å²) in [6, 6.07) is 0. The Labute approximate surface area is 454 Å². The molecule has 0 amide bonds. The van der Waals surface area contributed by atoms with Crippen molar-refractivity contribution in [1.29, 1.82) is 0 Å². The topological polar surface area (TPSA) is 237 Å². The van der Waals surface area contributed by atoms with Gasteiger partial charge >= 0.3 is 39.5 Å². The molecule has 0 aliphatic rings. The van der Waals surface area contributed by atoms with Crippen LogP contribution in [0.25, 0.3) is 0 Å². The highest BCUT2D eigenvalue weighted by Crippen LogP contribution is 2.45. The molecule has 0 aromatic heterocycles. The third-order valence-electron chi connectivity index (χ3n) is 12.7. The lowest BCUT2D eigenvalue weighted by Gasteiger charge is -2.21. The van der Waals surface area contributed by atoms with Crippen LogP contribution in [0.5, 0.6) is 0 Å². The van der Waals surface area contributed by atoms with Crippen LogP contribution in [0, 0.1) is 11.8 Å². The van der Waals surface area contributed by atoms with Crippen molar-refractivity contribution in [2.75, 3.05) is 39.6 Å². The molecule has 75 heavy (non-hydrogen) atoms. The Morgan fingerprint density at radius 2 is 0.613 bits per heavy atom. The Morgan fingerprint density at radius 3 is 0.907 bits per heavy atom. The second-order valence-corrected chi connectivity index (χ2v) is 24.2. The van der Waals surface area contributed by atoms with Gasteiger partial charge in [-0.05, 0) is 37.5 Å². The number of carbonyl (C=O) groups is 4. The fourth-order valence-corrected chi connectivity index (χ4v) is 9.70. The molecular weight excluding hydrogens is 1010 g/mol. The van der Waals surface area contributed by atoms with Crippen LogP contribution in [0.1, 0.15) is 266 Å².